The SMILES string of the molecule is CC(C)c1cccc(C(C)C)c1NC(=O)COC(=O)CN1C(=O)N[C@@](C)(C2CC2)C1=O. The van der Waals surface area contributed by atoms with Crippen LogP contribution in [0.25, 0.3) is 0 Å². The minimum atomic E-state index is -0.956. The van der Waals surface area contributed by atoms with Gasteiger partial charge in [-0.3, -0.25) is 19.3 Å². The number of benzene rings is 1. The van der Waals surface area contributed by atoms with Gasteiger partial charge < -0.3 is 15.4 Å². The molecule has 0 aromatic heterocycles. The van der Waals surface area contributed by atoms with Crippen molar-refractivity contribution >= 4 is 29.5 Å². The fraction of sp³-hybridized carbons (Fsp3) is 0.565. The summed E-state index contributed by atoms with van der Waals surface area (Å²) in [5.41, 5.74) is 1.79. The molecule has 168 valence electrons. The maximum atomic E-state index is 12.6. The lowest BCUT2D eigenvalue weighted by atomic mass is 9.92. The summed E-state index contributed by atoms with van der Waals surface area (Å²) in [6.07, 6.45) is 1.74. The number of esters is 1. The van der Waals surface area contributed by atoms with Crippen LogP contribution in [0.5, 0.6) is 0 Å². The highest BCUT2D eigenvalue weighted by molar-refractivity contribution is 6.09. The predicted octanol–water partition coefficient (Wildman–Crippen LogP) is 3.14. The Morgan fingerprint density at radius 3 is 2.26 bits per heavy atom. The molecule has 8 heteroatoms. The number of hydrogen-bond donors (Lipinski definition) is 2. The van der Waals surface area contributed by atoms with Crippen molar-refractivity contribution < 1.29 is 23.9 Å². The molecule has 8 nitrogen and oxygen atoms in total. The predicted molar refractivity (Wildman–Crippen MR) is 116 cm³/mol. The lowest BCUT2D eigenvalue weighted by Gasteiger charge is -2.21. The van der Waals surface area contributed by atoms with Crippen molar-refractivity contribution in [1.82, 2.24) is 10.2 Å². The third-order valence-electron chi connectivity index (χ3n) is 5.98. The molecule has 1 aliphatic carbocycles. The largest absolute Gasteiger partial charge is 0.454 e. The van der Waals surface area contributed by atoms with Gasteiger partial charge >= 0.3 is 12.0 Å². The van der Waals surface area contributed by atoms with E-state index < -0.39 is 42.5 Å². The number of nitrogens with zero attached hydrogens (tertiary/aromatic N) is 1. The zero-order chi connectivity index (χ0) is 22.9. The maximum Gasteiger partial charge on any atom is 0.326 e. The Kier molecular flexibility index (Phi) is 6.38. The third-order valence-corrected chi connectivity index (χ3v) is 5.98. The fourth-order valence-electron chi connectivity index (χ4n) is 3.99. The van der Waals surface area contributed by atoms with Gasteiger partial charge in [0.25, 0.3) is 11.8 Å². The van der Waals surface area contributed by atoms with Crippen LogP contribution in [0.4, 0.5) is 10.5 Å². The molecule has 31 heavy (non-hydrogen) atoms. The zero-order valence-corrected chi connectivity index (χ0v) is 18.8. The summed E-state index contributed by atoms with van der Waals surface area (Å²) in [6.45, 7) is 8.85. The molecule has 1 aromatic carbocycles. The molecule has 3 rings (SSSR count). The van der Waals surface area contributed by atoms with Crippen LogP contribution < -0.4 is 10.6 Å². The van der Waals surface area contributed by atoms with Crippen molar-refractivity contribution in [1.29, 1.82) is 0 Å². The molecular weight excluding hydrogens is 398 g/mol. The Morgan fingerprint density at radius 1 is 1.16 bits per heavy atom. The summed E-state index contributed by atoms with van der Waals surface area (Å²) in [4.78, 5) is 50.3. The van der Waals surface area contributed by atoms with Crippen molar-refractivity contribution in [2.75, 3.05) is 18.5 Å². The van der Waals surface area contributed by atoms with Crippen LogP contribution >= 0.6 is 0 Å². The number of amides is 4. The van der Waals surface area contributed by atoms with Gasteiger partial charge in [0.05, 0.1) is 0 Å². The second kappa shape index (κ2) is 8.69. The summed E-state index contributed by atoms with van der Waals surface area (Å²) >= 11 is 0. The summed E-state index contributed by atoms with van der Waals surface area (Å²) in [5.74, 6) is -1.18. The molecule has 2 aliphatic rings. The van der Waals surface area contributed by atoms with Crippen molar-refractivity contribution in [3.8, 4) is 0 Å². The Labute approximate surface area is 182 Å². The first-order valence-corrected chi connectivity index (χ1v) is 10.8. The van der Waals surface area contributed by atoms with Gasteiger partial charge in [0.15, 0.2) is 6.61 Å². The van der Waals surface area contributed by atoms with Gasteiger partial charge in [0.1, 0.15) is 12.1 Å². The molecule has 1 saturated carbocycles. The topological polar surface area (TPSA) is 105 Å². The average Bonchev–Trinajstić information content (AvgIpc) is 3.52. The van der Waals surface area contributed by atoms with E-state index in [0.717, 1.165) is 34.6 Å². The number of para-hydroxylation sites is 1. The summed E-state index contributed by atoms with van der Waals surface area (Å²) < 4.78 is 5.05. The molecule has 2 N–H and O–H groups in total. The van der Waals surface area contributed by atoms with Gasteiger partial charge in [0.2, 0.25) is 0 Å². The van der Waals surface area contributed by atoms with Gasteiger partial charge in [-0.2, -0.15) is 0 Å². The van der Waals surface area contributed by atoms with Crippen LogP contribution in [-0.2, 0) is 19.1 Å². The van der Waals surface area contributed by atoms with Crippen LogP contribution in [0.3, 0.4) is 0 Å². The van der Waals surface area contributed by atoms with E-state index in [9.17, 15) is 19.2 Å². The van der Waals surface area contributed by atoms with Gasteiger partial charge in [0, 0.05) is 5.69 Å². The van der Waals surface area contributed by atoms with Gasteiger partial charge in [-0.15, -0.1) is 0 Å². The Balaban J connectivity index is 1.59. The van der Waals surface area contributed by atoms with Crippen LogP contribution in [0.15, 0.2) is 18.2 Å². The van der Waals surface area contributed by atoms with Gasteiger partial charge in [-0.05, 0) is 48.6 Å². The fourth-order valence-corrected chi connectivity index (χ4v) is 3.99. The average molecular weight is 430 g/mol. The van der Waals surface area contributed by atoms with E-state index in [1.54, 1.807) is 6.92 Å². The second-order valence-corrected chi connectivity index (χ2v) is 9.13. The highest BCUT2D eigenvalue weighted by Crippen LogP contribution is 2.42. The van der Waals surface area contributed by atoms with E-state index in [2.05, 4.69) is 10.6 Å². The molecule has 1 atom stereocenters. The highest BCUT2D eigenvalue weighted by Gasteiger charge is 2.56. The molecule has 1 aliphatic heterocycles. The molecule has 1 aromatic rings. The third kappa shape index (κ3) is 4.73. The number of carbonyl (C=O) groups is 4. The standard InChI is InChI=1S/C23H31N3O5/c1-13(2)16-7-6-8-17(14(3)4)20(16)24-18(27)12-31-19(28)11-26-21(29)23(5,15-9-10-15)25-22(26)30/h6-8,13-15H,9-12H2,1-5H3,(H,24,27)(H,25,30)/t23-/m0/s1. The number of anilines is 1. The molecule has 1 heterocycles. The van der Waals surface area contributed by atoms with Crippen LogP contribution in [0, 0.1) is 5.92 Å². The number of nitrogens with one attached hydrogen (secondary N) is 2. The number of hydrogen-bond acceptors (Lipinski definition) is 5. The van der Waals surface area contributed by atoms with Crippen molar-refractivity contribution in [2.24, 2.45) is 5.92 Å². The first-order chi connectivity index (χ1) is 14.5. The summed E-state index contributed by atoms with van der Waals surface area (Å²) in [6, 6.07) is 5.29. The van der Waals surface area contributed by atoms with Crippen molar-refractivity contribution in [3.63, 3.8) is 0 Å². The van der Waals surface area contributed by atoms with Crippen LogP contribution in [0.2, 0.25) is 0 Å². The minimum absolute atomic E-state index is 0.104. The number of imide groups is 1. The van der Waals surface area contributed by atoms with Gasteiger partial charge in [-0.1, -0.05) is 45.9 Å². The molecule has 1 saturated heterocycles. The van der Waals surface area contributed by atoms with E-state index in [1.165, 1.54) is 0 Å². The Bertz CT molecular complexity index is 880. The maximum absolute atomic E-state index is 12.6. The van der Waals surface area contributed by atoms with E-state index in [0.29, 0.717) is 0 Å². The molecule has 0 spiro atoms. The van der Waals surface area contributed by atoms with Crippen molar-refractivity contribution in [2.45, 2.75) is 64.8 Å². The Hall–Kier alpha value is -2.90. The van der Waals surface area contributed by atoms with E-state index in [1.807, 2.05) is 45.9 Å². The lowest BCUT2D eigenvalue weighted by molar-refractivity contribution is -0.150. The van der Waals surface area contributed by atoms with Crippen LogP contribution in [-0.4, -0.2) is 47.4 Å². The zero-order valence-electron chi connectivity index (χ0n) is 18.8. The summed E-state index contributed by atoms with van der Waals surface area (Å²) in [5, 5.41) is 5.55. The van der Waals surface area contributed by atoms with Crippen molar-refractivity contribution in [3.05, 3.63) is 29.3 Å². The normalized spacial score (nSPS) is 20.9. The number of ether oxygens (including phenoxy) is 1. The molecule has 2 fully saturated rings. The van der Waals surface area contributed by atoms with E-state index in [4.69, 9.17) is 4.74 Å². The minimum Gasteiger partial charge on any atom is -0.454 e. The molecule has 0 bridgehead atoms. The Morgan fingerprint density at radius 2 is 1.74 bits per heavy atom. The molecule has 0 unspecified atom stereocenters. The van der Waals surface area contributed by atoms with E-state index >= 15 is 0 Å². The number of rotatable bonds is 8. The van der Waals surface area contributed by atoms with E-state index in [-0.39, 0.29) is 17.8 Å². The molecule has 4 amide bonds. The molecule has 0 radical (unpaired) electrons. The lowest BCUT2D eigenvalue weighted by Crippen LogP contribution is -2.46. The smallest absolute Gasteiger partial charge is 0.326 e. The molecular formula is C23H31N3O5. The number of carbonyl (C=O) groups excluding carboxylic acids is 4. The first kappa shape index (κ1) is 22.8. The summed E-state index contributed by atoms with van der Waals surface area (Å²) in [7, 11) is 0. The number of urea groups is 1. The van der Waals surface area contributed by atoms with Gasteiger partial charge in [-0.25, -0.2) is 4.79 Å². The first-order valence-electron chi connectivity index (χ1n) is 10.8. The highest BCUT2D eigenvalue weighted by atomic mass is 16.5. The second-order valence-electron chi connectivity index (χ2n) is 9.13. The monoisotopic (exact) mass is 429 g/mol. The quantitative estimate of drug-likeness (QED) is 0.488. The van der Waals surface area contributed by atoms with Crippen LogP contribution in [0.1, 0.15) is 70.4 Å².